The number of fused-ring (bicyclic) bond motifs is 3. The monoisotopic (exact) mass is 388 g/mol. The summed E-state index contributed by atoms with van der Waals surface area (Å²) in [7, 11) is 0. The molecular weight excluding hydrogens is 348 g/mol. The van der Waals surface area contributed by atoms with Crippen LogP contribution < -0.4 is 0 Å². The lowest BCUT2D eigenvalue weighted by Gasteiger charge is -2.56. The number of ether oxygens (including phenoxy) is 1. The summed E-state index contributed by atoms with van der Waals surface area (Å²) >= 11 is 0. The zero-order valence-corrected chi connectivity index (χ0v) is 18.8. The summed E-state index contributed by atoms with van der Waals surface area (Å²) in [5.41, 5.74) is -1.28. The van der Waals surface area contributed by atoms with Crippen LogP contribution in [-0.4, -0.2) is 27.7 Å². The van der Waals surface area contributed by atoms with E-state index in [1.807, 2.05) is 0 Å². The maximum absolute atomic E-state index is 13.0. The van der Waals surface area contributed by atoms with Crippen LogP contribution in [0.5, 0.6) is 0 Å². The van der Waals surface area contributed by atoms with Crippen LogP contribution in [0.3, 0.4) is 0 Å². The van der Waals surface area contributed by atoms with Crippen LogP contribution in [0.1, 0.15) is 86.5 Å². The predicted molar refractivity (Wildman–Crippen MR) is 110 cm³/mol. The number of carbonyl (C=O) groups excluding carboxylic acids is 1. The Morgan fingerprint density at radius 1 is 1.00 bits per heavy atom. The van der Waals surface area contributed by atoms with Gasteiger partial charge in [-0.3, -0.25) is 4.79 Å². The van der Waals surface area contributed by atoms with Crippen molar-refractivity contribution in [2.45, 2.75) is 103 Å². The molecule has 158 valence electrons. The zero-order chi connectivity index (χ0) is 20.3. The number of hydrogen-bond acceptors (Lipinski definition) is 3. The normalized spacial score (nSPS) is 60.5. The standard InChI is InChI=1S/C25H40O3/c1-14(2)21-19-12-24(27)18(11-22(19,5)13-20(21)26)15(3)7-8-17-16(4)9-10-25(17)23(24,6)28-25/h14-19,21,27H,7-13H2,1-6H3/t15-,16-,17-,18+,19+,21+,22-,23+,24+,25-/m1/s1. The molecule has 0 aromatic carbocycles. The van der Waals surface area contributed by atoms with Crippen LogP contribution in [0.4, 0.5) is 0 Å². The van der Waals surface area contributed by atoms with E-state index >= 15 is 0 Å². The molecule has 5 fully saturated rings. The maximum Gasteiger partial charge on any atom is 0.137 e. The second-order valence-corrected chi connectivity index (χ2v) is 12.3. The highest BCUT2D eigenvalue weighted by atomic mass is 16.6. The lowest BCUT2D eigenvalue weighted by molar-refractivity contribution is -0.168. The van der Waals surface area contributed by atoms with Gasteiger partial charge in [0.15, 0.2) is 0 Å². The second kappa shape index (κ2) is 5.63. The Morgan fingerprint density at radius 3 is 2.36 bits per heavy atom. The van der Waals surface area contributed by atoms with E-state index < -0.39 is 11.2 Å². The van der Waals surface area contributed by atoms with Crippen LogP contribution in [0.15, 0.2) is 0 Å². The number of carbonyl (C=O) groups is 1. The first-order chi connectivity index (χ1) is 13.0. The molecule has 1 heterocycles. The van der Waals surface area contributed by atoms with Crippen molar-refractivity contribution in [3.8, 4) is 0 Å². The van der Waals surface area contributed by atoms with Gasteiger partial charge in [-0.2, -0.15) is 0 Å². The quantitative estimate of drug-likeness (QED) is 0.643. The van der Waals surface area contributed by atoms with Gasteiger partial charge in [0, 0.05) is 12.3 Å². The summed E-state index contributed by atoms with van der Waals surface area (Å²) < 4.78 is 6.70. The van der Waals surface area contributed by atoms with E-state index in [1.165, 1.54) is 19.3 Å². The van der Waals surface area contributed by atoms with E-state index in [9.17, 15) is 9.90 Å². The molecule has 28 heavy (non-hydrogen) atoms. The molecule has 0 unspecified atom stereocenters. The van der Waals surface area contributed by atoms with Crippen LogP contribution in [0, 0.1) is 46.8 Å². The van der Waals surface area contributed by atoms with Crippen molar-refractivity contribution >= 4 is 5.78 Å². The molecule has 1 spiro atoms. The fourth-order valence-corrected chi connectivity index (χ4v) is 9.08. The molecular formula is C25H40O3. The van der Waals surface area contributed by atoms with Gasteiger partial charge < -0.3 is 9.84 Å². The average Bonchev–Trinajstić information content (AvgIpc) is 2.95. The minimum Gasteiger partial charge on any atom is -0.386 e. The van der Waals surface area contributed by atoms with Gasteiger partial charge in [-0.25, -0.2) is 0 Å². The van der Waals surface area contributed by atoms with Gasteiger partial charge in [0.2, 0.25) is 0 Å². The van der Waals surface area contributed by atoms with Crippen LogP contribution in [0.25, 0.3) is 0 Å². The molecule has 1 saturated heterocycles. The van der Waals surface area contributed by atoms with Gasteiger partial charge in [-0.1, -0.05) is 34.6 Å². The fourth-order valence-electron chi connectivity index (χ4n) is 9.08. The topological polar surface area (TPSA) is 49.8 Å². The molecule has 5 rings (SSSR count). The van der Waals surface area contributed by atoms with Crippen molar-refractivity contribution in [3.63, 3.8) is 0 Å². The Balaban J connectivity index is 1.58. The second-order valence-electron chi connectivity index (χ2n) is 12.3. The van der Waals surface area contributed by atoms with Crippen LogP contribution >= 0.6 is 0 Å². The summed E-state index contributed by atoms with van der Waals surface area (Å²) in [6, 6.07) is 0. The molecule has 0 radical (unpaired) electrons. The third-order valence-corrected chi connectivity index (χ3v) is 10.7. The first kappa shape index (κ1) is 19.5. The number of aliphatic hydroxyl groups is 1. The summed E-state index contributed by atoms with van der Waals surface area (Å²) in [6.07, 6.45) is 7.20. The molecule has 0 bridgehead atoms. The Morgan fingerprint density at radius 2 is 1.68 bits per heavy atom. The minimum absolute atomic E-state index is 0.0527. The summed E-state index contributed by atoms with van der Waals surface area (Å²) in [5.74, 6) is 3.21. The first-order valence-electron chi connectivity index (χ1n) is 11.9. The van der Waals surface area contributed by atoms with Gasteiger partial charge in [-0.05, 0) is 86.4 Å². The zero-order valence-electron chi connectivity index (χ0n) is 18.8. The van der Waals surface area contributed by atoms with Gasteiger partial charge in [0.25, 0.3) is 0 Å². The first-order valence-corrected chi connectivity index (χ1v) is 11.9. The SMILES string of the molecule is CC(C)[C@@H]1C(=O)C[C@@]2(C)C[C@H]3[C@H](C)CC[C@@H]4[C@H](C)CC[C@@]45O[C@@]5(C)[C@]3(O)C[C@@H]12. The van der Waals surface area contributed by atoms with Crippen LogP contribution in [0.2, 0.25) is 0 Å². The smallest absolute Gasteiger partial charge is 0.137 e. The Bertz CT molecular complexity index is 702. The molecule has 10 atom stereocenters. The van der Waals surface area contributed by atoms with Crippen molar-refractivity contribution in [2.24, 2.45) is 46.8 Å². The highest BCUT2D eigenvalue weighted by Gasteiger charge is 2.82. The molecule has 0 aromatic heterocycles. The van der Waals surface area contributed by atoms with E-state index in [2.05, 4.69) is 41.5 Å². The van der Waals surface area contributed by atoms with Crippen molar-refractivity contribution in [2.75, 3.05) is 0 Å². The summed E-state index contributed by atoms with van der Waals surface area (Å²) in [6.45, 7) is 13.7. The Kier molecular flexibility index (Phi) is 3.93. The minimum atomic E-state index is -0.795. The molecule has 1 aliphatic heterocycles. The lowest BCUT2D eigenvalue weighted by Crippen LogP contribution is -2.62. The average molecular weight is 389 g/mol. The van der Waals surface area contributed by atoms with Crippen LogP contribution in [-0.2, 0) is 9.53 Å². The van der Waals surface area contributed by atoms with E-state index in [4.69, 9.17) is 4.74 Å². The molecule has 1 N–H and O–H groups in total. The van der Waals surface area contributed by atoms with E-state index in [-0.39, 0.29) is 22.9 Å². The van der Waals surface area contributed by atoms with Gasteiger partial charge >= 0.3 is 0 Å². The molecule has 0 aromatic rings. The van der Waals surface area contributed by atoms with Crippen molar-refractivity contribution in [3.05, 3.63) is 0 Å². The van der Waals surface area contributed by atoms with E-state index in [0.29, 0.717) is 41.8 Å². The molecule has 3 heteroatoms. The molecule has 5 aliphatic rings. The molecule has 3 nitrogen and oxygen atoms in total. The van der Waals surface area contributed by atoms with Gasteiger partial charge in [0.1, 0.15) is 17.0 Å². The number of Topliss-reactive ketones (excluding diaryl/α,β-unsaturated/α-hetero) is 1. The van der Waals surface area contributed by atoms with Gasteiger partial charge in [-0.15, -0.1) is 0 Å². The van der Waals surface area contributed by atoms with E-state index in [0.717, 1.165) is 19.3 Å². The highest BCUT2D eigenvalue weighted by Crippen LogP contribution is 2.74. The Labute approximate surface area is 171 Å². The number of ketones is 1. The molecule has 4 saturated carbocycles. The number of epoxide rings is 1. The molecule has 4 aliphatic carbocycles. The van der Waals surface area contributed by atoms with Crippen molar-refractivity contribution < 1.29 is 14.6 Å². The molecule has 0 amide bonds. The Hall–Kier alpha value is -0.410. The largest absolute Gasteiger partial charge is 0.386 e. The van der Waals surface area contributed by atoms with E-state index in [1.54, 1.807) is 0 Å². The van der Waals surface area contributed by atoms with Crippen molar-refractivity contribution in [1.82, 2.24) is 0 Å². The third kappa shape index (κ3) is 2.11. The summed E-state index contributed by atoms with van der Waals surface area (Å²) in [5, 5.41) is 12.5. The number of rotatable bonds is 1. The number of hydrogen-bond donors (Lipinski definition) is 1. The fraction of sp³-hybridized carbons (Fsp3) is 0.960. The van der Waals surface area contributed by atoms with Crippen molar-refractivity contribution in [1.29, 1.82) is 0 Å². The van der Waals surface area contributed by atoms with Gasteiger partial charge in [0.05, 0.1) is 5.60 Å². The maximum atomic E-state index is 13.0. The third-order valence-electron chi connectivity index (χ3n) is 10.7. The summed E-state index contributed by atoms with van der Waals surface area (Å²) in [4.78, 5) is 13.0. The predicted octanol–water partition coefficient (Wildman–Crippen LogP) is 5.00. The highest BCUT2D eigenvalue weighted by molar-refractivity contribution is 5.85. The lowest BCUT2D eigenvalue weighted by atomic mass is 9.49.